The summed E-state index contributed by atoms with van der Waals surface area (Å²) in [4.78, 5) is 29.7. The SMILES string of the molecule is O=C(c1c[nH]cc1-c1ccccc1)N1C[C@H]2COCC[C@@]2(C(=O)O)C1. The van der Waals surface area contributed by atoms with E-state index in [9.17, 15) is 14.7 Å². The molecule has 2 aromatic rings. The first-order valence-electron chi connectivity index (χ1n) is 8.44. The average Bonchev–Trinajstić information content (AvgIpc) is 3.27. The zero-order chi connectivity index (χ0) is 17.4. The lowest BCUT2D eigenvalue weighted by Gasteiger charge is -2.33. The fraction of sp³-hybridized carbons (Fsp3) is 0.368. The van der Waals surface area contributed by atoms with Crippen molar-refractivity contribution in [1.82, 2.24) is 9.88 Å². The topological polar surface area (TPSA) is 82.6 Å². The van der Waals surface area contributed by atoms with Crippen LogP contribution in [-0.4, -0.2) is 53.2 Å². The molecule has 6 nitrogen and oxygen atoms in total. The van der Waals surface area contributed by atoms with Crippen LogP contribution in [0.1, 0.15) is 16.8 Å². The number of rotatable bonds is 3. The van der Waals surface area contributed by atoms with E-state index in [1.807, 2.05) is 36.5 Å². The molecule has 3 heterocycles. The normalized spacial score (nSPS) is 25.6. The highest BCUT2D eigenvalue weighted by atomic mass is 16.5. The van der Waals surface area contributed by atoms with Gasteiger partial charge in [-0.3, -0.25) is 9.59 Å². The number of aliphatic carboxylic acids is 1. The molecule has 2 fully saturated rings. The summed E-state index contributed by atoms with van der Waals surface area (Å²) in [6, 6.07) is 9.70. The molecule has 0 spiro atoms. The number of carbonyl (C=O) groups is 2. The summed E-state index contributed by atoms with van der Waals surface area (Å²) in [5, 5.41) is 9.76. The third-order valence-electron chi connectivity index (χ3n) is 5.48. The quantitative estimate of drug-likeness (QED) is 0.898. The van der Waals surface area contributed by atoms with E-state index in [4.69, 9.17) is 4.74 Å². The highest BCUT2D eigenvalue weighted by Gasteiger charge is 2.55. The zero-order valence-electron chi connectivity index (χ0n) is 13.8. The van der Waals surface area contributed by atoms with Crippen LogP contribution in [0.3, 0.4) is 0 Å². The first kappa shape index (κ1) is 15.9. The van der Waals surface area contributed by atoms with E-state index in [1.165, 1.54) is 0 Å². The minimum absolute atomic E-state index is 0.130. The smallest absolute Gasteiger partial charge is 0.311 e. The number of likely N-dealkylation sites (tertiary alicyclic amines) is 1. The number of H-pyrrole nitrogens is 1. The highest BCUT2D eigenvalue weighted by molar-refractivity contribution is 6.01. The van der Waals surface area contributed by atoms with Gasteiger partial charge in [-0.2, -0.15) is 0 Å². The number of carbonyl (C=O) groups excluding carboxylic acids is 1. The first-order chi connectivity index (χ1) is 12.1. The molecule has 2 N–H and O–H groups in total. The lowest BCUT2D eigenvalue weighted by Crippen LogP contribution is -2.45. The van der Waals surface area contributed by atoms with Gasteiger partial charge in [0, 0.05) is 43.6 Å². The van der Waals surface area contributed by atoms with Crippen molar-refractivity contribution in [1.29, 1.82) is 0 Å². The molecule has 0 bridgehead atoms. The number of nitrogens with zero attached hydrogens (tertiary/aromatic N) is 1. The Morgan fingerprint density at radius 2 is 2.04 bits per heavy atom. The summed E-state index contributed by atoms with van der Waals surface area (Å²) < 4.78 is 5.46. The van der Waals surface area contributed by atoms with Gasteiger partial charge in [0.25, 0.3) is 5.91 Å². The van der Waals surface area contributed by atoms with Gasteiger partial charge in [0.05, 0.1) is 17.6 Å². The molecule has 0 saturated carbocycles. The standard InChI is InChI=1S/C19H20N2O4/c22-17(16-9-20-8-15(16)13-4-2-1-3-5-13)21-10-14-11-25-7-6-19(14,12-21)18(23)24/h1-5,8-9,14,20H,6-7,10-12H2,(H,23,24)/t14-,19+/m0/s1. The van der Waals surface area contributed by atoms with Crippen molar-refractivity contribution in [3.8, 4) is 11.1 Å². The van der Waals surface area contributed by atoms with Gasteiger partial charge < -0.3 is 19.7 Å². The Balaban J connectivity index is 1.63. The van der Waals surface area contributed by atoms with Crippen LogP contribution in [0.4, 0.5) is 0 Å². The van der Waals surface area contributed by atoms with Crippen molar-refractivity contribution in [2.24, 2.45) is 11.3 Å². The number of benzene rings is 1. The second-order valence-electron chi connectivity index (χ2n) is 6.82. The monoisotopic (exact) mass is 340 g/mol. The average molecular weight is 340 g/mol. The van der Waals surface area contributed by atoms with Crippen molar-refractivity contribution in [3.63, 3.8) is 0 Å². The first-order valence-corrected chi connectivity index (χ1v) is 8.44. The molecule has 4 rings (SSSR count). The van der Waals surface area contributed by atoms with E-state index in [0.29, 0.717) is 31.7 Å². The Labute approximate surface area is 145 Å². The van der Waals surface area contributed by atoms with Gasteiger partial charge >= 0.3 is 5.97 Å². The molecule has 1 amide bonds. The number of carboxylic acids is 1. The van der Waals surface area contributed by atoms with E-state index in [2.05, 4.69) is 4.98 Å². The Bertz CT molecular complexity index is 801. The van der Waals surface area contributed by atoms with E-state index < -0.39 is 11.4 Å². The number of nitrogens with one attached hydrogen (secondary N) is 1. The molecular weight excluding hydrogens is 320 g/mol. The predicted octanol–water partition coefficient (Wildman–Crippen LogP) is 2.25. The van der Waals surface area contributed by atoms with Gasteiger partial charge in [0.15, 0.2) is 0 Å². The molecule has 0 radical (unpaired) electrons. The van der Waals surface area contributed by atoms with Crippen molar-refractivity contribution in [3.05, 3.63) is 48.3 Å². The third kappa shape index (κ3) is 2.53. The van der Waals surface area contributed by atoms with Crippen LogP contribution >= 0.6 is 0 Å². The molecule has 2 aliphatic heterocycles. The third-order valence-corrected chi connectivity index (χ3v) is 5.48. The van der Waals surface area contributed by atoms with Crippen LogP contribution in [0.25, 0.3) is 11.1 Å². The molecule has 130 valence electrons. The molecule has 1 aromatic carbocycles. The molecular formula is C19H20N2O4. The van der Waals surface area contributed by atoms with Crippen LogP contribution in [0.5, 0.6) is 0 Å². The van der Waals surface area contributed by atoms with Crippen LogP contribution in [0.2, 0.25) is 0 Å². The summed E-state index contributed by atoms with van der Waals surface area (Å²) in [7, 11) is 0. The van der Waals surface area contributed by atoms with Crippen molar-refractivity contribution >= 4 is 11.9 Å². The number of fused-ring (bicyclic) bond motifs is 1. The molecule has 25 heavy (non-hydrogen) atoms. The van der Waals surface area contributed by atoms with Crippen molar-refractivity contribution in [2.75, 3.05) is 26.3 Å². The van der Waals surface area contributed by atoms with Crippen LogP contribution in [-0.2, 0) is 9.53 Å². The number of aromatic amines is 1. The number of amides is 1. The minimum Gasteiger partial charge on any atom is -0.481 e. The summed E-state index contributed by atoms with van der Waals surface area (Å²) >= 11 is 0. The second kappa shape index (κ2) is 6.04. The molecule has 1 aromatic heterocycles. The molecule has 6 heteroatoms. The minimum atomic E-state index is -0.878. The maximum absolute atomic E-state index is 13.1. The van der Waals surface area contributed by atoms with Crippen LogP contribution in [0, 0.1) is 11.3 Å². The fourth-order valence-corrected chi connectivity index (χ4v) is 4.02. The number of carboxylic acid groups (broad SMARTS) is 1. The number of hydrogen-bond acceptors (Lipinski definition) is 3. The lowest BCUT2D eigenvalue weighted by atomic mass is 9.74. The Kier molecular flexibility index (Phi) is 3.84. The molecule has 2 saturated heterocycles. The van der Waals surface area contributed by atoms with E-state index in [0.717, 1.165) is 11.1 Å². The maximum atomic E-state index is 13.1. The summed E-state index contributed by atoms with van der Waals surface area (Å²) in [6.45, 7) is 1.50. The van der Waals surface area contributed by atoms with Gasteiger partial charge in [-0.15, -0.1) is 0 Å². The number of hydrogen-bond donors (Lipinski definition) is 2. The Hall–Kier alpha value is -2.60. The van der Waals surface area contributed by atoms with Crippen LogP contribution < -0.4 is 0 Å². The summed E-state index contributed by atoms with van der Waals surface area (Å²) in [6.07, 6.45) is 3.95. The lowest BCUT2D eigenvalue weighted by molar-refractivity contribution is -0.157. The zero-order valence-corrected chi connectivity index (χ0v) is 13.8. The highest BCUT2D eigenvalue weighted by Crippen LogP contribution is 2.43. The number of aromatic nitrogens is 1. The van der Waals surface area contributed by atoms with E-state index in [-0.39, 0.29) is 18.4 Å². The van der Waals surface area contributed by atoms with E-state index in [1.54, 1.807) is 11.1 Å². The Morgan fingerprint density at radius 3 is 2.76 bits per heavy atom. The van der Waals surface area contributed by atoms with Gasteiger partial charge in [-0.05, 0) is 12.0 Å². The van der Waals surface area contributed by atoms with Gasteiger partial charge in [-0.25, -0.2) is 0 Å². The van der Waals surface area contributed by atoms with Crippen LogP contribution in [0.15, 0.2) is 42.7 Å². The molecule has 0 aliphatic carbocycles. The van der Waals surface area contributed by atoms with Crippen molar-refractivity contribution in [2.45, 2.75) is 6.42 Å². The molecule has 2 atom stereocenters. The second-order valence-corrected chi connectivity index (χ2v) is 6.82. The summed E-state index contributed by atoms with van der Waals surface area (Å²) in [5.41, 5.74) is 1.49. The maximum Gasteiger partial charge on any atom is 0.311 e. The largest absolute Gasteiger partial charge is 0.481 e. The number of ether oxygens (including phenoxy) is 1. The van der Waals surface area contributed by atoms with Gasteiger partial charge in [0.1, 0.15) is 0 Å². The summed E-state index contributed by atoms with van der Waals surface area (Å²) in [5.74, 6) is -1.11. The van der Waals surface area contributed by atoms with Gasteiger partial charge in [-0.1, -0.05) is 30.3 Å². The van der Waals surface area contributed by atoms with Crippen molar-refractivity contribution < 1.29 is 19.4 Å². The van der Waals surface area contributed by atoms with E-state index >= 15 is 0 Å². The fourth-order valence-electron chi connectivity index (χ4n) is 4.02. The Morgan fingerprint density at radius 1 is 1.24 bits per heavy atom. The molecule has 0 unspecified atom stereocenters. The predicted molar refractivity (Wildman–Crippen MR) is 91.1 cm³/mol. The van der Waals surface area contributed by atoms with Gasteiger partial charge in [0.2, 0.25) is 0 Å². The molecule has 2 aliphatic rings.